The summed E-state index contributed by atoms with van der Waals surface area (Å²) in [7, 11) is 0. The molecule has 0 amide bonds. The Morgan fingerprint density at radius 2 is 2.27 bits per heavy atom. The zero-order valence-electron chi connectivity index (χ0n) is 7.18. The largest absolute Gasteiger partial charge is 0.319 e. The van der Waals surface area contributed by atoms with Crippen molar-refractivity contribution < 1.29 is 4.79 Å². The van der Waals surface area contributed by atoms with Gasteiger partial charge in [-0.2, -0.15) is 0 Å². The molecule has 64 valence electrons. The van der Waals surface area contributed by atoms with E-state index in [1.165, 1.54) is 0 Å². The molecule has 0 radical (unpaired) electrons. The lowest BCUT2D eigenvalue weighted by atomic mass is 9.90. The summed E-state index contributed by atoms with van der Waals surface area (Å²) in [6, 6.07) is 0. The number of nitrogens with two attached hydrogens (primary N) is 1. The third kappa shape index (κ3) is 2.03. The summed E-state index contributed by atoms with van der Waals surface area (Å²) < 4.78 is 0. The van der Waals surface area contributed by atoms with Crippen LogP contribution in [0.25, 0.3) is 0 Å². The normalized spacial score (nSPS) is 22.7. The van der Waals surface area contributed by atoms with Gasteiger partial charge in [-0.25, -0.2) is 0 Å². The first-order chi connectivity index (χ1) is 5.23. The van der Waals surface area contributed by atoms with Gasteiger partial charge >= 0.3 is 0 Å². The summed E-state index contributed by atoms with van der Waals surface area (Å²) in [4.78, 5) is 10.7. The monoisotopic (exact) mass is 155 g/mol. The molecule has 1 atom stereocenters. The average molecular weight is 155 g/mol. The minimum absolute atomic E-state index is 0.476. The van der Waals surface area contributed by atoms with Crippen LogP contribution in [-0.4, -0.2) is 11.8 Å². The summed E-state index contributed by atoms with van der Waals surface area (Å²) in [5.41, 5.74) is 5.44. The molecule has 1 rings (SSSR count). The van der Waals surface area contributed by atoms with Crippen molar-refractivity contribution in [1.29, 1.82) is 0 Å². The molecule has 0 bridgehead atoms. The highest BCUT2D eigenvalue weighted by atomic mass is 16.1. The summed E-state index contributed by atoms with van der Waals surface area (Å²) in [6.45, 7) is 2.12. The quantitative estimate of drug-likeness (QED) is 0.611. The SMILES string of the molecule is CCCCC(N)(C=O)C1CC1. The maximum absolute atomic E-state index is 10.7. The first-order valence-corrected chi connectivity index (χ1v) is 4.48. The number of carbonyl (C=O) groups excluding carboxylic acids is 1. The van der Waals surface area contributed by atoms with Gasteiger partial charge in [0.1, 0.15) is 6.29 Å². The van der Waals surface area contributed by atoms with Gasteiger partial charge in [-0.05, 0) is 25.2 Å². The van der Waals surface area contributed by atoms with Gasteiger partial charge in [0.2, 0.25) is 0 Å². The van der Waals surface area contributed by atoms with Crippen LogP contribution in [0.2, 0.25) is 0 Å². The second-order valence-corrected chi connectivity index (χ2v) is 3.61. The Balaban J connectivity index is 2.38. The van der Waals surface area contributed by atoms with Gasteiger partial charge < -0.3 is 10.5 Å². The van der Waals surface area contributed by atoms with Gasteiger partial charge in [-0.3, -0.25) is 0 Å². The Kier molecular flexibility index (Phi) is 2.66. The number of aldehydes is 1. The molecule has 0 aromatic rings. The van der Waals surface area contributed by atoms with E-state index in [-0.39, 0.29) is 0 Å². The molecular formula is C9H17NO. The lowest BCUT2D eigenvalue weighted by Gasteiger charge is -2.21. The Morgan fingerprint density at radius 1 is 1.64 bits per heavy atom. The van der Waals surface area contributed by atoms with E-state index in [9.17, 15) is 4.79 Å². The molecule has 1 fully saturated rings. The van der Waals surface area contributed by atoms with E-state index in [0.717, 1.165) is 38.4 Å². The molecule has 1 unspecified atom stereocenters. The van der Waals surface area contributed by atoms with E-state index in [1.54, 1.807) is 0 Å². The number of rotatable bonds is 5. The molecule has 1 aliphatic carbocycles. The molecule has 2 heteroatoms. The van der Waals surface area contributed by atoms with Crippen molar-refractivity contribution in [1.82, 2.24) is 0 Å². The molecule has 2 N–H and O–H groups in total. The second-order valence-electron chi connectivity index (χ2n) is 3.61. The van der Waals surface area contributed by atoms with Crippen molar-refractivity contribution in [2.45, 2.75) is 44.6 Å². The molecule has 2 nitrogen and oxygen atoms in total. The van der Waals surface area contributed by atoms with Crippen LogP contribution in [0.5, 0.6) is 0 Å². The highest BCUT2D eigenvalue weighted by molar-refractivity contribution is 5.65. The predicted molar refractivity (Wildman–Crippen MR) is 45.2 cm³/mol. The lowest BCUT2D eigenvalue weighted by molar-refractivity contribution is -0.113. The van der Waals surface area contributed by atoms with Crippen LogP contribution < -0.4 is 5.73 Å². The first-order valence-electron chi connectivity index (χ1n) is 4.48. The fourth-order valence-electron chi connectivity index (χ4n) is 1.46. The van der Waals surface area contributed by atoms with E-state index < -0.39 is 5.54 Å². The lowest BCUT2D eigenvalue weighted by Crippen LogP contribution is -2.43. The minimum atomic E-state index is -0.476. The maximum atomic E-state index is 10.7. The Labute approximate surface area is 68.2 Å². The average Bonchev–Trinajstić information content (AvgIpc) is 2.82. The van der Waals surface area contributed by atoms with Gasteiger partial charge in [0, 0.05) is 0 Å². The molecule has 0 heterocycles. The van der Waals surface area contributed by atoms with Crippen LogP contribution in [0.4, 0.5) is 0 Å². The molecule has 0 aromatic carbocycles. The fourth-order valence-corrected chi connectivity index (χ4v) is 1.46. The van der Waals surface area contributed by atoms with Gasteiger partial charge in [0.15, 0.2) is 0 Å². The van der Waals surface area contributed by atoms with E-state index in [0.29, 0.717) is 5.92 Å². The third-order valence-electron chi connectivity index (χ3n) is 2.52. The molecule has 11 heavy (non-hydrogen) atoms. The highest BCUT2D eigenvalue weighted by Crippen LogP contribution is 2.39. The topological polar surface area (TPSA) is 43.1 Å². The van der Waals surface area contributed by atoms with Gasteiger partial charge in [0.25, 0.3) is 0 Å². The molecule has 0 aromatic heterocycles. The third-order valence-corrected chi connectivity index (χ3v) is 2.52. The smallest absolute Gasteiger partial charge is 0.140 e. The van der Waals surface area contributed by atoms with Crippen LogP contribution >= 0.6 is 0 Å². The van der Waals surface area contributed by atoms with Crippen molar-refractivity contribution >= 4 is 6.29 Å². The van der Waals surface area contributed by atoms with Gasteiger partial charge in [0.05, 0.1) is 5.54 Å². The first kappa shape index (κ1) is 8.72. The summed E-state index contributed by atoms with van der Waals surface area (Å²) >= 11 is 0. The van der Waals surface area contributed by atoms with Crippen LogP contribution in [0, 0.1) is 5.92 Å². The van der Waals surface area contributed by atoms with E-state index in [4.69, 9.17) is 5.73 Å². The van der Waals surface area contributed by atoms with Gasteiger partial charge in [-0.1, -0.05) is 19.8 Å². The number of hydrogen-bond donors (Lipinski definition) is 1. The van der Waals surface area contributed by atoms with E-state index >= 15 is 0 Å². The van der Waals surface area contributed by atoms with E-state index in [2.05, 4.69) is 6.92 Å². The molecule has 1 aliphatic rings. The van der Waals surface area contributed by atoms with E-state index in [1.807, 2.05) is 0 Å². The van der Waals surface area contributed by atoms with Crippen molar-refractivity contribution in [2.75, 3.05) is 0 Å². The summed E-state index contributed by atoms with van der Waals surface area (Å²) in [6.07, 6.45) is 6.33. The highest BCUT2D eigenvalue weighted by Gasteiger charge is 2.41. The Bertz CT molecular complexity index is 142. The molecular weight excluding hydrogens is 138 g/mol. The van der Waals surface area contributed by atoms with Crippen molar-refractivity contribution in [3.63, 3.8) is 0 Å². The summed E-state index contributed by atoms with van der Waals surface area (Å²) in [5, 5.41) is 0. The van der Waals surface area contributed by atoms with Gasteiger partial charge in [-0.15, -0.1) is 0 Å². The number of hydrogen-bond acceptors (Lipinski definition) is 2. The Hall–Kier alpha value is -0.370. The van der Waals surface area contributed by atoms with Crippen LogP contribution in [0.3, 0.4) is 0 Å². The van der Waals surface area contributed by atoms with Crippen LogP contribution in [0.15, 0.2) is 0 Å². The standard InChI is InChI=1S/C9H17NO/c1-2-3-6-9(10,7-11)8-4-5-8/h7-8H,2-6,10H2,1H3. The van der Waals surface area contributed by atoms with Crippen LogP contribution in [0.1, 0.15) is 39.0 Å². The van der Waals surface area contributed by atoms with Crippen molar-refractivity contribution in [3.05, 3.63) is 0 Å². The number of unbranched alkanes of at least 4 members (excludes halogenated alkanes) is 1. The van der Waals surface area contributed by atoms with Crippen molar-refractivity contribution in [3.8, 4) is 0 Å². The van der Waals surface area contributed by atoms with Crippen LogP contribution in [-0.2, 0) is 4.79 Å². The second kappa shape index (κ2) is 3.35. The number of carbonyl (C=O) groups is 1. The molecule has 1 saturated carbocycles. The summed E-state index contributed by atoms with van der Waals surface area (Å²) in [5.74, 6) is 0.492. The maximum Gasteiger partial charge on any atom is 0.140 e. The Morgan fingerprint density at radius 3 is 2.64 bits per heavy atom. The zero-order valence-corrected chi connectivity index (χ0v) is 7.18. The predicted octanol–water partition coefficient (Wildman–Crippen LogP) is 1.48. The minimum Gasteiger partial charge on any atom is -0.319 e. The fraction of sp³-hybridized carbons (Fsp3) is 0.889. The van der Waals surface area contributed by atoms with Crippen molar-refractivity contribution in [2.24, 2.45) is 11.7 Å². The molecule has 0 spiro atoms. The molecule has 0 aliphatic heterocycles. The zero-order chi connectivity index (χ0) is 8.32. The molecule has 0 saturated heterocycles.